The van der Waals surface area contributed by atoms with E-state index in [0.29, 0.717) is 12.3 Å². The molecule has 0 saturated carbocycles. The van der Waals surface area contributed by atoms with E-state index >= 15 is 0 Å². The van der Waals surface area contributed by atoms with Crippen LogP contribution in [0.25, 0.3) is 0 Å². The number of aromatic nitrogens is 2. The topological polar surface area (TPSA) is 49.3 Å². The van der Waals surface area contributed by atoms with Crippen LogP contribution in [0.5, 0.6) is 0 Å². The third-order valence-corrected chi connectivity index (χ3v) is 4.21. The van der Waals surface area contributed by atoms with Gasteiger partial charge >= 0.3 is 0 Å². The minimum atomic E-state index is 0. The third kappa shape index (κ3) is 6.73. The maximum absolute atomic E-state index is 12.2. The lowest BCUT2D eigenvalue weighted by molar-refractivity contribution is -0.131. The highest BCUT2D eigenvalue weighted by molar-refractivity contribution is 5.85. The van der Waals surface area contributed by atoms with Crippen molar-refractivity contribution >= 4 is 24.3 Å². The number of hydrogen-bond acceptors (Lipinski definition) is 4. The van der Waals surface area contributed by atoms with Crippen LogP contribution in [0.2, 0.25) is 0 Å². The zero-order chi connectivity index (χ0) is 15.6. The molecule has 0 aromatic carbocycles. The molecule has 23 heavy (non-hydrogen) atoms. The number of hydrogen-bond donors (Lipinski definition) is 0. The molecule has 1 aromatic heterocycles. The molecule has 130 valence electrons. The van der Waals surface area contributed by atoms with Crippen LogP contribution in [0.1, 0.15) is 51.9 Å². The van der Waals surface area contributed by atoms with Gasteiger partial charge in [0.2, 0.25) is 11.9 Å². The summed E-state index contributed by atoms with van der Waals surface area (Å²) in [6.45, 7) is 5.45. The molecule has 1 aromatic rings. The van der Waals surface area contributed by atoms with E-state index in [0.717, 1.165) is 38.5 Å². The van der Waals surface area contributed by atoms with E-state index < -0.39 is 0 Å². The maximum Gasteiger partial charge on any atom is 0.225 e. The highest BCUT2D eigenvalue weighted by Crippen LogP contribution is 2.12. The van der Waals surface area contributed by atoms with Crippen LogP contribution < -0.4 is 4.90 Å². The number of rotatable bonds is 8. The standard InChI is InChI=1S/C17H28N4O.ClH/c1-2-3-4-5-6-7-9-16(22)20-12-14-21(15-13-20)17-18-10-8-11-19-17;/h8,10-11H,2-7,9,12-15H2,1H3;1H. The van der Waals surface area contributed by atoms with Crippen molar-refractivity contribution in [3.63, 3.8) is 0 Å². The molecule has 0 N–H and O–H groups in total. The molecule has 2 rings (SSSR count). The second-order valence-corrected chi connectivity index (χ2v) is 5.93. The molecule has 0 radical (unpaired) electrons. The van der Waals surface area contributed by atoms with Crippen molar-refractivity contribution < 1.29 is 4.79 Å². The first kappa shape index (κ1) is 19.7. The Morgan fingerprint density at radius 3 is 2.26 bits per heavy atom. The van der Waals surface area contributed by atoms with Crippen LogP contribution in [0.3, 0.4) is 0 Å². The predicted octanol–water partition coefficient (Wildman–Crippen LogP) is 3.30. The highest BCUT2D eigenvalue weighted by atomic mass is 35.5. The van der Waals surface area contributed by atoms with Gasteiger partial charge in [-0.25, -0.2) is 9.97 Å². The Bertz CT molecular complexity index is 435. The van der Waals surface area contributed by atoms with E-state index in [2.05, 4.69) is 21.8 Å². The summed E-state index contributed by atoms with van der Waals surface area (Å²) in [5.74, 6) is 1.08. The van der Waals surface area contributed by atoms with Crippen molar-refractivity contribution in [1.29, 1.82) is 0 Å². The molecule has 6 heteroatoms. The minimum absolute atomic E-state index is 0. The Labute approximate surface area is 145 Å². The smallest absolute Gasteiger partial charge is 0.225 e. The number of carbonyl (C=O) groups excluding carboxylic acids is 1. The highest BCUT2D eigenvalue weighted by Gasteiger charge is 2.21. The second-order valence-electron chi connectivity index (χ2n) is 5.93. The second kappa shape index (κ2) is 11.2. The quantitative estimate of drug-likeness (QED) is 0.681. The Morgan fingerprint density at radius 2 is 1.61 bits per heavy atom. The number of halogens is 1. The summed E-state index contributed by atoms with van der Waals surface area (Å²) in [4.78, 5) is 24.9. The van der Waals surface area contributed by atoms with Gasteiger partial charge in [-0.1, -0.05) is 39.0 Å². The molecule has 1 amide bonds. The minimum Gasteiger partial charge on any atom is -0.339 e. The zero-order valence-electron chi connectivity index (χ0n) is 14.1. The van der Waals surface area contributed by atoms with Gasteiger partial charge in [0, 0.05) is 45.0 Å². The molecule has 0 unspecified atom stereocenters. The first-order chi connectivity index (χ1) is 10.8. The van der Waals surface area contributed by atoms with Gasteiger partial charge in [0.25, 0.3) is 0 Å². The third-order valence-electron chi connectivity index (χ3n) is 4.21. The summed E-state index contributed by atoms with van der Waals surface area (Å²) in [6, 6.07) is 1.82. The molecule has 1 saturated heterocycles. The summed E-state index contributed by atoms with van der Waals surface area (Å²) in [5, 5.41) is 0. The van der Waals surface area contributed by atoms with Crippen LogP contribution in [-0.2, 0) is 4.79 Å². The fourth-order valence-electron chi connectivity index (χ4n) is 2.83. The summed E-state index contributed by atoms with van der Waals surface area (Å²) in [6.07, 6.45) is 11.6. The Hall–Kier alpha value is -1.36. The van der Waals surface area contributed by atoms with Gasteiger partial charge in [-0.3, -0.25) is 4.79 Å². The van der Waals surface area contributed by atoms with Crippen molar-refractivity contribution in [2.45, 2.75) is 51.9 Å². The summed E-state index contributed by atoms with van der Waals surface area (Å²) < 4.78 is 0. The monoisotopic (exact) mass is 340 g/mol. The lowest BCUT2D eigenvalue weighted by Gasteiger charge is -2.34. The van der Waals surface area contributed by atoms with E-state index in [-0.39, 0.29) is 12.4 Å². The predicted molar refractivity (Wildman–Crippen MR) is 96.1 cm³/mol. The first-order valence-corrected chi connectivity index (χ1v) is 8.61. The molecule has 1 aliphatic rings. The van der Waals surface area contributed by atoms with Crippen LogP contribution in [0, 0.1) is 0 Å². The van der Waals surface area contributed by atoms with Gasteiger partial charge in [-0.15, -0.1) is 12.4 Å². The van der Waals surface area contributed by atoms with Gasteiger partial charge in [-0.05, 0) is 12.5 Å². The number of anilines is 1. The van der Waals surface area contributed by atoms with E-state index in [4.69, 9.17) is 0 Å². The lowest BCUT2D eigenvalue weighted by atomic mass is 10.1. The molecule has 1 aliphatic heterocycles. The fourth-order valence-corrected chi connectivity index (χ4v) is 2.83. The van der Waals surface area contributed by atoms with Crippen molar-refractivity contribution in [1.82, 2.24) is 14.9 Å². The van der Waals surface area contributed by atoms with E-state index in [1.807, 2.05) is 11.0 Å². The van der Waals surface area contributed by atoms with Gasteiger partial charge in [-0.2, -0.15) is 0 Å². The molecule has 0 aliphatic carbocycles. The Balaban J connectivity index is 0.00000264. The first-order valence-electron chi connectivity index (χ1n) is 8.61. The summed E-state index contributed by atoms with van der Waals surface area (Å²) >= 11 is 0. The normalized spacial score (nSPS) is 14.5. The lowest BCUT2D eigenvalue weighted by Crippen LogP contribution is -2.49. The van der Waals surface area contributed by atoms with Crippen LogP contribution in [0.15, 0.2) is 18.5 Å². The molecule has 1 fully saturated rings. The van der Waals surface area contributed by atoms with Crippen molar-refractivity contribution in [3.05, 3.63) is 18.5 Å². The van der Waals surface area contributed by atoms with E-state index in [1.165, 1.54) is 32.1 Å². The maximum atomic E-state index is 12.2. The van der Waals surface area contributed by atoms with Gasteiger partial charge in [0.15, 0.2) is 0 Å². The van der Waals surface area contributed by atoms with Crippen molar-refractivity contribution in [2.75, 3.05) is 31.1 Å². The van der Waals surface area contributed by atoms with Crippen LogP contribution in [-0.4, -0.2) is 47.0 Å². The SMILES string of the molecule is CCCCCCCCC(=O)N1CCN(c2ncccn2)CC1.Cl. The zero-order valence-corrected chi connectivity index (χ0v) is 14.9. The largest absolute Gasteiger partial charge is 0.339 e. The van der Waals surface area contributed by atoms with Crippen LogP contribution in [0.4, 0.5) is 5.95 Å². The summed E-state index contributed by atoms with van der Waals surface area (Å²) in [7, 11) is 0. The molecule has 2 heterocycles. The van der Waals surface area contributed by atoms with Gasteiger partial charge in [0.1, 0.15) is 0 Å². The van der Waals surface area contributed by atoms with E-state index in [9.17, 15) is 4.79 Å². The van der Waals surface area contributed by atoms with Gasteiger partial charge < -0.3 is 9.80 Å². The Morgan fingerprint density at radius 1 is 1.00 bits per heavy atom. The van der Waals surface area contributed by atoms with Crippen LogP contribution >= 0.6 is 12.4 Å². The number of unbranched alkanes of at least 4 members (excludes halogenated alkanes) is 5. The molecular weight excluding hydrogens is 312 g/mol. The average molecular weight is 341 g/mol. The number of amides is 1. The molecule has 0 atom stereocenters. The average Bonchev–Trinajstić information content (AvgIpc) is 2.59. The molecule has 0 bridgehead atoms. The number of carbonyl (C=O) groups is 1. The van der Waals surface area contributed by atoms with Crippen molar-refractivity contribution in [3.8, 4) is 0 Å². The summed E-state index contributed by atoms with van der Waals surface area (Å²) in [5.41, 5.74) is 0. The van der Waals surface area contributed by atoms with Crippen molar-refractivity contribution in [2.24, 2.45) is 0 Å². The Kier molecular flexibility index (Phi) is 9.60. The molecule has 0 spiro atoms. The van der Waals surface area contributed by atoms with Gasteiger partial charge in [0.05, 0.1) is 0 Å². The molecular formula is C17H29ClN4O. The molecule has 5 nitrogen and oxygen atoms in total. The number of piperazine rings is 1. The number of nitrogens with zero attached hydrogens (tertiary/aromatic N) is 4. The van der Waals surface area contributed by atoms with E-state index in [1.54, 1.807) is 12.4 Å². The fraction of sp³-hybridized carbons (Fsp3) is 0.706.